The summed E-state index contributed by atoms with van der Waals surface area (Å²) in [5, 5.41) is 13.5. The van der Waals surface area contributed by atoms with Crippen molar-refractivity contribution in [2.24, 2.45) is 5.92 Å². The molecule has 0 aromatic heterocycles. The van der Waals surface area contributed by atoms with Gasteiger partial charge < -0.3 is 20.1 Å². The van der Waals surface area contributed by atoms with Crippen LogP contribution in [0.15, 0.2) is 24.3 Å². The summed E-state index contributed by atoms with van der Waals surface area (Å²) >= 11 is 0. The lowest BCUT2D eigenvalue weighted by atomic mass is 9.99. The van der Waals surface area contributed by atoms with Gasteiger partial charge in [0.15, 0.2) is 0 Å². The van der Waals surface area contributed by atoms with Crippen LogP contribution in [-0.2, 0) is 0 Å². The molecule has 1 aliphatic rings. The quantitative estimate of drug-likeness (QED) is 0.762. The zero-order valence-corrected chi connectivity index (χ0v) is 14.4. The summed E-state index contributed by atoms with van der Waals surface area (Å²) in [6.45, 7) is 4.75. The Kier molecular flexibility index (Phi) is 7.40. The zero-order valence-electron chi connectivity index (χ0n) is 14.4. The van der Waals surface area contributed by atoms with Crippen LogP contribution >= 0.6 is 0 Å². The number of aliphatic hydroxyl groups excluding tert-OH is 1. The number of hydrogen-bond donors (Lipinski definition) is 2. The Labute approximate surface area is 142 Å². The molecule has 1 saturated heterocycles. The van der Waals surface area contributed by atoms with Crippen LogP contribution in [0.25, 0.3) is 0 Å². The van der Waals surface area contributed by atoms with E-state index in [9.17, 15) is 13.9 Å². The highest BCUT2D eigenvalue weighted by molar-refractivity contribution is 5.28. The number of hydrogen-bond acceptors (Lipinski definition) is 4. The van der Waals surface area contributed by atoms with Crippen LogP contribution in [0.5, 0.6) is 5.75 Å². The monoisotopic (exact) mass is 342 g/mol. The number of halogens is 2. The van der Waals surface area contributed by atoms with Crippen LogP contribution < -0.4 is 10.1 Å². The SMILES string of the molecule is CC1CCN(CC(O)CNC(C)c2ccc(OC(F)F)cc2)CC1. The number of likely N-dealkylation sites (tertiary alicyclic amines) is 1. The average molecular weight is 342 g/mol. The lowest BCUT2D eigenvalue weighted by Gasteiger charge is -2.32. The van der Waals surface area contributed by atoms with Gasteiger partial charge in [-0.05, 0) is 56.5 Å². The third kappa shape index (κ3) is 6.34. The van der Waals surface area contributed by atoms with Crippen molar-refractivity contribution in [3.8, 4) is 5.75 Å². The second-order valence-electron chi connectivity index (χ2n) is 6.71. The van der Waals surface area contributed by atoms with Crippen LogP contribution in [0, 0.1) is 5.92 Å². The maximum absolute atomic E-state index is 12.1. The number of β-amino-alcohol motifs (C(OH)–C–C–N with tert-alkyl or cyclic N) is 1. The number of rotatable bonds is 8. The lowest BCUT2D eigenvalue weighted by Crippen LogP contribution is -2.42. The van der Waals surface area contributed by atoms with Gasteiger partial charge in [0.1, 0.15) is 5.75 Å². The molecular weight excluding hydrogens is 314 g/mol. The van der Waals surface area contributed by atoms with Gasteiger partial charge in [0, 0.05) is 19.1 Å². The highest BCUT2D eigenvalue weighted by Gasteiger charge is 2.18. The topological polar surface area (TPSA) is 44.7 Å². The van der Waals surface area contributed by atoms with Gasteiger partial charge in [-0.1, -0.05) is 19.1 Å². The zero-order chi connectivity index (χ0) is 17.5. The predicted molar refractivity (Wildman–Crippen MR) is 90.3 cm³/mol. The summed E-state index contributed by atoms with van der Waals surface area (Å²) in [4.78, 5) is 2.31. The molecule has 1 aromatic rings. The molecule has 0 saturated carbocycles. The first kappa shape index (κ1) is 19.1. The Morgan fingerprint density at radius 3 is 2.46 bits per heavy atom. The number of benzene rings is 1. The van der Waals surface area contributed by atoms with Crippen molar-refractivity contribution < 1.29 is 18.6 Å². The molecule has 2 N–H and O–H groups in total. The average Bonchev–Trinajstić information content (AvgIpc) is 2.55. The number of nitrogens with zero attached hydrogens (tertiary/aromatic N) is 1. The van der Waals surface area contributed by atoms with Crippen LogP contribution in [0.2, 0.25) is 0 Å². The molecule has 0 bridgehead atoms. The van der Waals surface area contributed by atoms with Gasteiger partial charge in [0.05, 0.1) is 6.10 Å². The van der Waals surface area contributed by atoms with Crippen LogP contribution in [0.1, 0.15) is 38.3 Å². The fraction of sp³-hybridized carbons (Fsp3) is 0.667. The van der Waals surface area contributed by atoms with E-state index in [1.165, 1.54) is 25.0 Å². The molecule has 0 amide bonds. The van der Waals surface area contributed by atoms with Crippen molar-refractivity contribution >= 4 is 0 Å². The minimum atomic E-state index is -2.81. The minimum Gasteiger partial charge on any atom is -0.435 e. The molecule has 1 heterocycles. The van der Waals surface area contributed by atoms with Gasteiger partial charge in [0.25, 0.3) is 0 Å². The van der Waals surface area contributed by atoms with E-state index in [-0.39, 0.29) is 11.8 Å². The highest BCUT2D eigenvalue weighted by atomic mass is 19.3. The van der Waals surface area contributed by atoms with E-state index in [1.54, 1.807) is 12.1 Å². The molecule has 2 atom stereocenters. The number of nitrogens with one attached hydrogen (secondary N) is 1. The molecule has 6 heteroatoms. The summed E-state index contributed by atoms with van der Waals surface area (Å²) in [5.74, 6) is 0.939. The van der Waals surface area contributed by atoms with E-state index in [4.69, 9.17) is 0 Å². The Morgan fingerprint density at radius 2 is 1.88 bits per heavy atom. The van der Waals surface area contributed by atoms with E-state index >= 15 is 0 Å². The van der Waals surface area contributed by atoms with Gasteiger partial charge in [-0.2, -0.15) is 8.78 Å². The molecule has 4 nitrogen and oxygen atoms in total. The number of ether oxygens (including phenoxy) is 1. The van der Waals surface area contributed by atoms with Crippen molar-refractivity contribution in [2.45, 2.75) is 45.4 Å². The molecule has 1 aromatic carbocycles. The van der Waals surface area contributed by atoms with E-state index in [0.717, 1.165) is 24.6 Å². The molecule has 2 unspecified atom stereocenters. The first-order valence-corrected chi connectivity index (χ1v) is 8.62. The molecule has 1 fully saturated rings. The van der Waals surface area contributed by atoms with Crippen molar-refractivity contribution in [3.05, 3.63) is 29.8 Å². The fourth-order valence-electron chi connectivity index (χ4n) is 2.98. The summed E-state index contributed by atoms with van der Waals surface area (Å²) < 4.78 is 28.6. The van der Waals surface area contributed by atoms with Gasteiger partial charge >= 0.3 is 6.61 Å². The number of piperidine rings is 1. The summed E-state index contributed by atoms with van der Waals surface area (Å²) in [6.07, 6.45) is 1.98. The van der Waals surface area contributed by atoms with E-state index in [1.807, 2.05) is 6.92 Å². The van der Waals surface area contributed by atoms with Gasteiger partial charge in [-0.15, -0.1) is 0 Å². The summed E-state index contributed by atoms with van der Waals surface area (Å²) in [7, 11) is 0. The highest BCUT2D eigenvalue weighted by Crippen LogP contribution is 2.19. The first-order chi connectivity index (χ1) is 11.4. The van der Waals surface area contributed by atoms with Crippen molar-refractivity contribution in [1.82, 2.24) is 10.2 Å². The van der Waals surface area contributed by atoms with Gasteiger partial charge in [0.2, 0.25) is 0 Å². The Bertz CT molecular complexity index is 476. The normalized spacial score (nSPS) is 19.4. The van der Waals surface area contributed by atoms with Gasteiger partial charge in [-0.25, -0.2) is 0 Å². The van der Waals surface area contributed by atoms with E-state index < -0.39 is 12.7 Å². The first-order valence-electron chi connectivity index (χ1n) is 8.62. The maximum Gasteiger partial charge on any atom is 0.387 e. The van der Waals surface area contributed by atoms with Crippen molar-refractivity contribution in [2.75, 3.05) is 26.2 Å². The second-order valence-corrected chi connectivity index (χ2v) is 6.71. The Hall–Kier alpha value is -1.24. The Morgan fingerprint density at radius 1 is 1.25 bits per heavy atom. The van der Waals surface area contributed by atoms with E-state index in [0.29, 0.717) is 13.1 Å². The standard InChI is InChI=1S/C18H28F2N2O2/c1-13-7-9-22(10-8-13)12-16(23)11-21-14(2)15-3-5-17(6-4-15)24-18(19)20/h3-6,13-14,16,18,21,23H,7-12H2,1-2H3. The second kappa shape index (κ2) is 9.30. The molecule has 0 spiro atoms. The van der Waals surface area contributed by atoms with Crippen LogP contribution in [-0.4, -0.2) is 48.9 Å². The predicted octanol–water partition coefficient (Wildman–Crippen LogP) is 3.03. The number of alkyl halides is 2. The minimum absolute atomic E-state index is 0.0293. The fourth-order valence-corrected chi connectivity index (χ4v) is 2.98. The van der Waals surface area contributed by atoms with Gasteiger partial charge in [-0.3, -0.25) is 0 Å². The molecule has 0 aliphatic carbocycles. The molecule has 24 heavy (non-hydrogen) atoms. The molecular formula is C18H28F2N2O2. The molecule has 2 rings (SSSR count). The largest absolute Gasteiger partial charge is 0.435 e. The van der Waals surface area contributed by atoms with Crippen molar-refractivity contribution in [1.29, 1.82) is 0 Å². The smallest absolute Gasteiger partial charge is 0.387 e. The third-order valence-corrected chi connectivity index (χ3v) is 4.61. The lowest BCUT2D eigenvalue weighted by molar-refractivity contribution is -0.0498. The number of aliphatic hydroxyl groups is 1. The van der Waals surface area contributed by atoms with Crippen LogP contribution in [0.3, 0.4) is 0 Å². The molecule has 136 valence electrons. The van der Waals surface area contributed by atoms with Crippen LogP contribution in [0.4, 0.5) is 8.78 Å². The van der Waals surface area contributed by atoms with Crippen molar-refractivity contribution in [3.63, 3.8) is 0 Å². The summed E-state index contributed by atoms with van der Waals surface area (Å²) in [6, 6.07) is 6.61. The molecule has 1 aliphatic heterocycles. The van der Waals surface area contributed by atoms with E-state index in [2.05, 4.69) is 21.9 Å². The Balaban J connectivity index is 1.72. The third-order valence-electron chi connectivity index (χ3n) is 4.61. The molecule has 0 radical (unpaired) electrons. The maximum atomic E-state index is 12.1. The summed E-state index contributed by atoms with van der Waals surface area (Å²) in [5.41, 5.74) is 0.968.